The largest absolute Gasteiger partial charge is 0.490 e. The lowest BCUT2D eigenvalue weighted by Crippen LogP contribution is -2.29. The van der Waals surface area contributed by atoms with E-state index in [1.807, 2.05) is 13.0 Å². The molecule has 0 aliphatic carbocycles. The minimum absolute atomic E-state index is 0.237. The van der Waals surface area contributed by atoms with Gasteiger partial charge in [0.15, 0.2) is 24.4 Å². The summed E-state index contributed by atoms with van der Waals surface area (Å²) in [6.07, 6.45) is 0.881. The number of carbonyl (C=O) groups excluding carboxylic acids is 2. The predicted octanol–water partition coefficient (Wildman–Crippen LogP) is 1.31. The van der Waals surface area contributed by atoms with E-state index >= 15 is 0 Å². The molecule has 0 unspecified atom stereocenters. The number of carbonyl (C=O) groups is 2. The molecule has 1 rings (SSSR count). The highest BCUT2D eigenvalue weighted by molar-refractivity contribution is 5.82. The zero-order valence-electron chi connectivity index (χ0n) is 11.2. The molecule has 0 saturated heterocycles. The number of hydrogen-bond donors (Lipinski definition) is 1. The van der Waals surface area contributed by atoms with Crippen LogP contribution < -0.4 is 14.8 Å². The summed E-state index contributed by atoms with van der Waals surface area (Å²) in [5.74, 6) is 0.310. The van der Waals surface area contributed by atoms with Crippen LogP contribution in [0.2, 0.25) is 0 Å². The topological polar surface area (TPSA) is 88.4 Å². The van der Waals surface area contributed by atoms with E-state index < -0.39 is 0 Å². The first-order chi connectivity index (χ1) is 9.72. The molecule has 0 saturated carbocycles. The van der Waals surface area contributed by atoms with E-state index in [-0.39, 0.29) is 31.2 Å². The molecule has 20 heavy (non-hydrogen) atoms. The number of para-hydroxylation sites is 1. The van der Waals surface area contributed by atoms with E-state index in [0.717, 1.165) is 0 Å². The van der Waals surface area contributed by atoms with Gasteiger partial charge < -0.3 is 14.8 Å². The van der Waals surface area contributed by atoms with E-state index in [4.69, 9.17) is 14.7 Å². The minimum Gasteiger partial charge on any atom is -0.490 e. The lowest BCUT2D eigenvalue weighted by atomic mass is 10.2. The summed E-state index contributed by atoms with van der Waals surface area (Å²) in [5.41, 5.74) is 0.320. The Hall–Kier alpha value is -2.55. The van der Waals surface area contributed by atoms with Crippen molar-refractivity contribution >= 4 is 12.2 Å². The van der Waals surface area contributed by atoms with E-state index in [2.05, 4.69) is 5.32 Å². The van der Waals surface area contributed by atoms with Crippen LogP contribution in [-0.4, -0.2) is 32.0 Å². The van der Waals surface area contributed by atoms with Gasteiger partial charge in [0.1, 0.15) is 0 Å². The Balaban J connectivity index is 2.68. The maximum atomic E-state index is 11.5. The number of amides is 1. The normalized spacial score (nSPS) is 9.40. The third-order valence-corrected chi connectivity index (χ3v) is 2.34. The van der Waals surface area contributed by atoms with Crippen LogP contribution in [-0.2, 0) is 4.79 Å². The summed E-state index contributed by atoms with van der Waals surface area (Å²) in [4.78, 5) is 22.5. The van der Waals surface area contributed by atoms with Crippen molar-refractivity contribution in [1.29, 1.82) is 5.26 Å². The molecule has 1 aromatic rings. The molecular weight excluding hydrogens is 260 g/mol. The lowest BCUT2D eigenvalue weighted by Gasteiger charge is -2.13. The van der Waals surface area contributed by atoms with Crippen LogP contribution in [0.15, 0.2) is 18.2 Å². The van der Waals surface area contributed by atoms with E-state index in [1.165, 1.54) is 0 Å². The van der Waals surface area contributed by atoms with Gasteiger partial charge in [0.2, 0.25) is 0 Å². The Labute approximate surface area is 117 Å². The quantitative estimate of drug-likeness (QED) is 0.571. The number of hydrogen-bond acceptors (Lipinski definition) is 5. The number of ether oxygens (including phenoxy) is 2. The Morgan fingerprint density at radius 1 is 1.45 bits per heavy atom. The van der Waals surface area contributed by atoms with Crippen LogP contribution in [0.25, 0.3) is 0 Å². The first-order valence-electron chi connectivity index (χ1n) is 6.20. The molecule has 0 heterocycles. The second-order valence-electron chi connectivity index (χ2n) is 3.77. The highest BCUT2D eigenvalue weighted by atomic mass is 16.5. The van der Waals surface area contributed by atoms with E-state index in [1.54, 1.807) is 18.2 Å². The number of nitriles is 1. The second-order valence-corrected chi connectivity index (χ2v) is 3.77. The smallest absolute Gasteiger partial charge is 0.257 e. The number of benzene rings is 1. The van der Waals surface area contributed by atoms with Crippen LogP contribution in [0, 0.1) is 11.3 Å². The minimum atomic E-state index is -0.358. The van der Waals surface area contributed by atoms with Crippen LogP contribution in [0.4, 0.5) is 0 Å². The highest BCUT2D eigenvalue weighted by Gasteiger charge is 2.12. The van der Waals surface area contributed by atoms with Crippen molar-refractivity contribution in [2.45, 2.75) is 13.3 Å². The standard InChI is InChI=1S/C14H16N2O4/c1-2-19-12-6-3-5-11(9-17)14(12)20-10-13(18)16-8-4-7-15/h3,5-6,9H,2,4,8,10H2,1H3,(H,16,18). The molecule has 0 aliphatic heterocycles. The van der Waals surface area contributed by atoms with E-state index in [9.17, 15) is 9.59 Å². The fourth-order valence-electron chi connectivity index (χ4n) is 1.50. The van der Waals surface area contributed by atoms with Crippen LogP contribution in [0.5, 0.6) is 11.5 Å². The Morgan fingerprint density at radius 3 is 2.90 bits per heavy atom. The third kappa shape index (κ3) is 4.61. The third-order valence-electron chi connectivity index (χ3n) is 2.34. The average molecular weight is 276 g/mol. The van der Waals surface area contributed by atoms with Gasteiger partial charge in [-0.25, -0.2) is 0 Å². The maximum Gasteiger partial charge on any atom is 0.257 e. The molecule has 6 heteroatoms. The van der Waals surface area contributed by atoms with Crippen molar-refractivity contribution in [2.75, 3.05) is 19.8 Å². The molecule has 1 N–H and O–H groups in total. The molecule has 1 amide bonds. The molecule has 0 aliphatic rings. The zero-order chi connectivity index (χ0) is 14.8. The van der Waals surface area contributed by atoms with Gasteiger partial charge in [-0.2, -0.15) is 5.26 Å². The summed E-state index contributed by atoms with van der Waals surface area (Å²) in [6.45, 7) is 2.27. The first-order valence-corrected chi connectivity index (χ1v) is 6.20. The zero-order valence-corrected chi connectivity index (χ0v) is 11.2. The summed E-state index contributed by atoms with van der Waals surface area (Å²) in [7, 11) is 0. The molecule has 6 nitrogen and oxygen atoms in total. The first kappa shape index (κ1) is 15.5. The molecular formula is C14H16N2O4. The molecule has 106 valence electrons. The Bertz CT molecular complexity index is 508. The molecule has 0 fully saturated rings. The van der Waals surface area contributed by atoms with Crippen LogP contribution >= 0.6 is 0 Å². The molecule has 0 atom stereocenters. The van der Waals surface area contributed by atoms with Gasteiger partial charge in [-0.05, 0) is 19.1 Å². The highest BCUT2D eigenvalue weighted by Crippen LogP contribution is 2.30. The summed E-state index contributed by atoms with van der Waals surface area (Å²) in [5, 5.41) is 10.9. The van der Waals surface area contributed by atoms with Gasteiger partial charge in [0.05, 0.1) is 24.7 Å². The van der Waals surface area contributed by atoms with Gasteiger partial charge in [-0.3, -0.25) is 9.59 Å². The van der Waals surface area contributed by atoms with Gasteiger partial charge in [0, 0.05) is 6.54 Å². The summed E-state index contributed by atoms with van der Waals surface area (Å²) >= 11 is 0. The van der Waals surface area contributed by atoms with Gasteiger partial charge in [-0.1, -0.05) is 6.07 Å². The Kier molecular flexibility index (Phi) is 6.62. The number of nitrogens with zero attached hydrogens (tertiary/aromatic N) is 1. The number of nitrogens with one attached hydrogen (secondary N) is 1. The van der Waals surface area contributed by atoms with Crippen LogP contribution in [0.1, 0.15) is 23.7 Å². The van der Waals surface area contributed by atoms with Crippen molar-refractivity contribution in [1.82, 2.24) is 5.32 Å². The molecule has 1 aromatic carbocycles. The van der Waals surface area contributed by atoms with Gasteiger partial charge >= 0.3 is 0 Å². The van der Waals surface area contributed by atoms with Crippen molar-refractivity contribution in [3.8, 4) is 17.6 Å². The fourth-order valence-corrected chi connectivity index (χ4v) is 1.50. The average Bonchev–Trinajstić information content (AvgIpc) is 2.46. The van der Waals surface area contributed by atoms with Gasteiger partial charge in [0.25, 0.3) is 5.91 Å². The summed E-state index contributed by atoms with van der Waals surface area (Å²) < 4.78 is 10.7. The number of rotatable bonds is 8. The predicted molar refractivity (Wildman–Crippen MR) is 71.7 cm³/mol. The summed E-state index contributed by atoms with van der Waals surface area (Å²) in [6, 6.07) is 6.84. The van der Waals surface area contributed by atoms with Crippen molar-refractivity contribution in [3.63, 3.8) is 0 Å². The number of aldehydes is 1. The fraction of sp³-hybridized carbons (Fsp3) is 0.357. The van der Waals surface area contributed by atoms with Crippen molar-refractivity contribution in [3.05, 3.63) is 23.8 Å². The molecule has 0 bridgehead atoms. The second kappa shape index (κ2) is 8.53. The van der Waals surface area contributed by atoms with Crippen molar-refractivity contribution in [2.24, 2.45) is 0 Å². The van der Waals surface area contributed by atoms with E-state index in [0.29, 0.717) is 24.2 Å². The molecule has 0 spiro atoms. The Morgan fingerprint density at radius 2 is 2.25 bits per heavy atom. The lowest BCUT2D eigenvalue weighted by molar-refractivity contribution is -0.123. The maximum absolute atomic E-state index is 11.5. The molecule has 0 aromatic heterocycles. The van der Waals surface area contributed by atoms with Crippen LogP contribution in [0.3, 0.4) is 0 Å². The monoisotopic (exact) mass is 276 g/mol. The molecule has 0 radical (unpaired) electrons. The van der Waals surface area contributed by atoms with Gasteiger partial charge in [-0.15, -0.1) is 0 Å². The van der Waals surface area contributed by atoms with Crippen molar-refractivity contribution < 1.29 is 19.1 Å². The SMILES string of the molecule is CCOc1cccc(C=O)c1OCC(=O)NCCC#N.